The van der Waals surface area contributed by atoms with Crippen LogP contribution in [0.25, 0.3) is 0 Å². The van der Waals surface area contributed by atoms with E-state index in [1.54, 1.807) is 22.6 Å². The summed E-state index contributed by atoms with van der Waals surface area (Å²) in [7, 11) is 0. The van der Waals surface area contributed by atoms with Gasteiger partial charge in [0.1, 0.15) is 5.69 Å². The Labute approximate surface area is 107 Å². The van der Waals surface area contributed by atoms with Crippen molar-refractivity contribution in [2.45, 2.75) is 12.2 Å². The summed E-state index contributed by atoms with van der Waals surface area (Å²) in [6.07, 6.45) is -3.40. The molecule has 0 amide bonds. The molecular weight excluding hydrogens is 361 g/mol. The van der Waals surface area contributed by atoms with Crippen LogP contribution in [0.15, 0.2) is 6.20 Å². The van der Waals surface area contributed by atoms with Gasteiger partial charge in [-0.05, 0) is 22.6 Å². The molecule has 0 radical (unpaired) electrons. The molecule has 0 saturated heterocycles. The summed E-state index contributed by atoms with van der Waals surface area (Å²) < 4.78 is 40.1. The van der Waals surface area contributed by atoms with Gasteiger partial charge in [-0.3, -0.25) is 9.78 Å². The van der Waals surface area contributed by atoms with Crippen LogP contribution < -0.4 is 4.74 Å². The van der Waals surface area contributed by atoms with Gasteiger partial charge in [0.05, 0.1) is 9.45 Å². The Bertz CT molecular complexity index is 411. The maximum atomic E-state index is 12.1. The van der Waals surface area contributed by atoms with E-state index in [0.717, 1.165) is 6.20 Å². The number of carbonyl (C=O) groups excluding carboxylic acids is 1. The van der Waals surface area contributed by atoms with E-state index < -0.39 is 12.1 Å². The fourth-order valence-corrected chi connectivity index (χ4v) is 1.84. The second-order valence-electron chi connectivity index (χ2n) is 2.61. The molecule has 88 valence electrons. The summed E-state index contributed by atoms with van der Waals surface area (Å²) in [5, 5.41) is 0. The summed E-state index contributed by atoms with van der Waals surface area (Å²) in [6, 6.07) is 0. The molecule has 3 nitrogen and oxygen atoms in total. The lowest BCUT2D eigenvalue weighted by Crippen LogP contribution is -2.19. The van der Waals surface area contributed by atoms with Crippen molar-refractivity contribution in [3.05, 3.63) is 21.0 Å². The van der Waals surface area contributed by atoms with Crippen LogP contribution in [0.4, 0.5) is 13.2 Å². The fourth-order valence-electron chi connectivity index (χ4n) is 0.923. The van der Waals surface area contributed by atoms with Crippen molar-refractivity contribution in [2.24, 2.45) is 0 Å². The van der Waals surface area contributed by atoms with Crippen LogP contribution in [-0.2, 0) is 5.88 Å². The largest absolute Gasteiger partial charge is 0.573 e. The predicted octanol–water partition coefficient (Wildman–Crippen LogP) is 3.14. The topological polar surface area (TPSA) is 39.2 Å². The summed E-state index contributed by atoms with van der Waals surface area (Å²) >= 11 is 7.00. The molecule has 16 heavy (non-hydrogen) atoms. The highest BCUT2D eigenvalue weighted by molar-refractivity contribution is 14.1. The van der Waals surface area contributed by atoms with E-state index >= 15 is 0 Å². The standard InChI is InChI=1S/C8H4ClF3INO2/c9-1-4-2-14-5(3-15)6(13)7(4)16-8(10,11)12/h2-3H,1H2. The smallest absolute Gasteiger partial charge is 0.404 e. The summed E-state index contributed by atoms with van der Waals surface area (Å²) in [6.45, 7) is 0. The van der Waals surface area contributed by atoms with Gasteiger partial charge in [0.15, 0.2) is 12.0 Å². The number of carbonyl (C=O) groups is 1. The molecule has 1 aromatic rings. The second kappa shape index (κ2) is 5.17. The Morgan fingerprint density at radius 1 is 1.56 bits per heavy atom. The number of alkyl halides is 4. The number of pyridine rings is 1. The minimum absolute atomic E-state index is 0.0110. The van der Waals surface area contributed by atoms with E-state index in [0.29, 0.717) is 6.29 Å². The Morgan fingerprint density at radius 2 is 2.19 bits per heavy atom. The number of rotatable bonds is 3. The maximum absolute atomic E-state index is 12.1. The molecule has 0 aliphatic heterocycles. The summed E-state index contributed by atoms with van der Waals surface area (Å²) in [5.41, 5.74) is -0.0392. The van der Waals surface area contributed by atoms with Gasteiger partial charge in [0.25, 0.3) is 0 Å². The molecule has 1 rings (SSSR count). The highest BCUT2D eigenvalue weighted by atomic mass is 127. The number of ether oxygens (including phenoxy) is 1. The molecule has 0 bridgehead atoms. The Balaban J connectivity index is 3.26. The van der Waals surface area contributed by atoms with Crippen molar-refractivity contribution in [3.8, 4) is 5.75 Å². The van der Waals surface area contributed by atoms with E-state index in [1.165, 1.54) is 0 Å². The molecule has 1 aromatic heterocycles. The average molecular weight is 365 g/mol. The molecule has 0 spiro atoms. The zero-order valence-electron chi connectivity index (χ0n) is 7.52. The minimum Gasteiger partial charge on any atom is -0.404 e. The van der Waals surface area contributed by atoms with E-state index in [2.05, 4.69) is 9.72 Å². The first-order valence-electron chi connectivity index (χ1n) is 3.83. The summed E-state index contributed by atoms with van der Waals surface area (Å²) in [5.74, 6) is -0.659. The average Bonchev–Trinajstić information content (AvgIpc) is 2.19. The number of halogens is 5. The molecular formula is C8H4ClF3INO2. The van der Waals surface area contributed by atoms with E-state index in [1.807, 2.05) is 0 Å². The number of hydrogen-bond donors (Lipinski definition) is 0. The number of hydrogen-bond acceptors (Lipinski definition) is 3. The van der Waals surface area contributed by atoms with Crippen LogP contribution in [0.5, 0.6) is 5.75 Å². The van der Waals surface area contributed by atoms with Crippen molar-refractivity contribution in [1.29, 1.82) is 0 Å². The molecule has 0 aliphatic rings. The third-order valence-electron chi connectivity index (χ3n) is 1.55. The van der Waals surface area contributed by atoms with Gasteiger partial charge in [0.2, 0.25) is 0 Å². The van der Waals surface area contributed by atoms with Gasteiger partial charge >= 0.3 is 6.36 Å². The number of nitrogens with zero attached hydrogens (tertiary/aromatic N) is 1. The van der Waals surface area contributed by atoms with Crippen molar-refractivity contribution in [2.75, 3.05) is 0 Å². The highest BCUT2D eigenvalue weighted by Gasteiger charge is 2.33. The summed E-state index contributed by atoms with van der Waals surface area (Å²) in [4.78, 5) is 14.2. The monoisotopic (exact) mass is 365 g/mol. The lowest BCUT2D eigenvalue weighted by Gasteiger charge is -2.14. The van der Waals surface area contributed by atoms with Crippen LogP contribution in [0, 0.1) is 3.57 Å². The molecule has 1 heterocycles. The zero-order valence-corrected chi connectivity index (χ0v) is 10.4. The molecule has 0 fully saturated rings. The third kappa shape index (κ3) is 3.21. The molecule has 0 saturated carbocycles. The van der Waals surface area contributed by atoms with Crippen LogP contribution in [0.3, 0.4) is 0 Å². The third-order valence-corrected chi connectivity index (χ3v) is 2.88. The first-order valence-corrected chi connectivity index (χ1v) is 5.44. The Hall–Kier alpha value is -0.570. The molecule has 0 unspecified atom stereocenters. The molecule has 8 heteroatoms. The fraction of sp³-hybridized carbons (Fsp3) is 0.250. The van der Waals surface area contributed by atoms with Crippen LogP contribution in [0.2, 0.25) is 0 Å². The quantitative estimate of drug-likeness (QED) is 0.469. The van der Waals surface area contributed by atoms with Crippen molar-refractivity contribution in [3.63, 3.8) is 0 Å². The van der Waals surface area contributed by atoms with E-state index in [-0.39, 0.29) is 20.7 Å². The predicted molar refractivity (Wildman–Crippen MR) is 58.6 cm³/mol. The highest BCUT2D eigenvalue weighted by Crippen LogP contribution is 2.32. The van der Waals surface area contributed by atoms with Gasteiger partial charge in [0, 0.05) is 11.8 Å². The Kier molecular flexibility index (Phi) is 4.36. The first-order chi connectivity index (χ1) is 7.39. The van der Waals surface area contributed by atoms with Crippen LogP contribution in [0.1, 0.15) is 16.1 Å². The molecule has 0 aliphatic carbocycles. The van der Waals surface area contributed by atoms with Crippen LogP contribution >= 0.6 is 34.2 Å². The number of aldehydes is 1. The number of aromatic nitrogens is 1. The lowest BCUT2D eigenvalue weighted by atomic mass is 10.2. The Morgan fingerprint density at radius 3 is 2.62 bits per heavy atom. The first kappa shape index (κ1) is 13.5. The van der Waals surface area contributed by atoms with E-state index in [9.17, 15) is 18.0 Å². The van der Waals surface area contributed by atoms with Crippen molar-refractivity contribution < 1.29 is 22.7 Å². The zero-order chi connectivity index (χ0) is 12.3. The van der Waals surface area contributed by atoms with Crippen LogP contribution in [-0.4, -0.2) is 17.6 Å². The maximum Gasteiger partial charge on any atom is 0.573 e. The van der Waals surface area contributed by atoms with Crippen molar-refractivity contribution >= 4 is 40.5 Å². The molecule has 0 N–H and O–H groups in total. The van der Waals surface area contributed by atoms with Gasteiger partial charge in [-0.2, -0.15) is 0 Å². The molecule has 0 atom stereocenters. The van der Waals surface area contributed by atoms with Crippen molar-refractivity contribution in [1.82, 2.24) is 4.98 Å². The minimum atomic E-state index is -4.83. The van der Waals surface area contributed by atoms with Gasteiger partial charge in [-0.1, -0.05) is 0 Å². The van der Waals surface area contributed by atoms with Gasteiger partial charge in [-0.15, -0.1) is 24.8 Å². The van der Waals surface area contributed by atoms with Gasteiger partial charge < -0.3 is 4.74 Å². The van der Waals surface area contributed by atoms with E-state index in [4.69, 9.17) is 11.6 Å². The lowest BCUT2D eigenvalue weighted by molar-refractivity contribution is -0.275. The normalized spacial score (nSPS) is 11.3. The molecule has 0 aromatic carbocycles. The second-order valence-corrected chi connectivity index (χ2v) is 3.96. The SMILES string of the molecule is O=Cc1ncc(CCl)c(OC(F)(F)F)c1I. The van der Waals surface area contributed by atoms with Gasteiger partial charge in [-0.25, -0.2) is 0 Å².